The van der Waals surface area contributed by atoms with Crippen molar-refractivity contribution in [2.45, 2.75) is 36.9 Å². The maximum absolute atomic E-state index is 13.5. The van der Waals surface area contributed by atoms with E-state index in [1.54, 1.807) is 24.3 Å². The summed E-state index contributed by atoms with van der Waals surface area (Å²) in [6.45, 7) is 1.88. The maximum atomic E-state index is 13.5. The standard InChI is InChI=1S/C30H28F3N3O3S/c1-40(38,39)25-11-8-21(9-12-25)20-2-4-22(5-3-20)28-34-26-16-24(30(31,32)33)10-13-27(26)36(28)18-19-14-15-35(17-19)29(37)23-6-7-23/h2-5,8-13,16,19,23H,6-7,14-15,17-18H2,1H3/t19-/m1/s1. The van der Waals surface area contributed by atoms with Gasteiger partial charge in [0.05, 0.1) is 21.5 Å². The van der Waals surface area contributed by atoms with Gasteiger partial charge in [0.15, 0.2) is 9.84 Å². The number of amides is 1. The van der Waals surface area contributed by atoms with Crippen molar-refractivity contribution in [2.24, 2.45) is 11.8 Å². The molecular formula is C30H28F3N3O3S. The number of hydrogen-bond donors (Lipinski definition) is 0. The van der Waals surface area contributed by atoms with E-state index in [9.17, 15) is 26.4 Å². The molecule has 10 heteroatoms. The van der Waals surface area contributed by atoms with Gasteiger partial charge >= 0.3 is 6.18 Å². The van der Waals surface area contributed by atoms with Crippen LogP contribution in [0, 0.1) is 11.8 Å². The summed E-state index contributed by atoms with van der Waals surface area (Å²) in [6.07, 6.45) is -0.567. The van der Waals surface area contributed by atoms with Crippen molar-refractivity contribution in [1.82, 2.24) is 14.5 Å². The number of sulfone groups is 1. The first-order chi connectivity index (χ1) is 19.0. The molecule has 2 fully saturated rings. The van der Waals surface area contributed by atoms with E-state index < -0.39 is 21.6 Å². The number of likely N-dealkylation sites (tertiary alicyclic amines) is 1. The molecule has 208 valence electrons. The number of carbonyl (C=O) groups is 1. The van der Waals surface area contributed by atoms with Crippen LogP contribution in [-0.2, 0) is 27.4 Å². The van der Waals surface area contributed by atoms with Crippen molar-refractivity contribution >= 4 is 26.8 Å². The molecule has 0 spiro atoms. The molecule has 0 radical (unpaired) electrons. The number of fused-ring (bicyclic) bond motifs is 1. The predicted octanol–water partition coefficient (Wildman–Crippen LogP) is 6.05. The molecule has 2 heterocycles. The minimum absolute atomic E-state index is 0.158. The number of aromatic nitrogens is 2. The Balaban J connectivity index is 1.33. The second kappa shape index (κ2) is 9.76. The second-order valence-corrected chi connectivity index (χ2v) is 12.9. The van der Waals surface area contributed by atoms with Gasteiger partial charge in [0.1, 0.15) is 5.82 Å². The van der Waals surface area contributed by atoms with Crippen LogP contribution in [0.15, 0.2) is 71.6 Å². The monoisotopic (exact) mass is 567 g/mol. The number of hydrogen-bond acceptors (Lipinski definition) is 4. The molecule has 3 aromatic carbocycles. The van der Waals surface area contributed by atoms with Gasteiger partial charge in [0.2, 0.25) is 5.91 Å². The van der Waals surface area contributed by atoms with Crippen LogP contribution < -0.4 is 0 Å². The number of halogens is 3. The fourth-order valence-electron chi connectivity index (χ4n) is 5.45. The van der Waals surface area contributed by atoms with Crippen LogP contribution in [0.25, 0.3) is 33.5 Å². The van der Waals surface area contributed by atoms with Gasteiger partial charge in [-0.15, -0.1) is 0 Å². The van der Waals surface area contributed by atoms with E-state index in [0.29, 0.717) is 31.0 Å². The third-order valence-corrected chi connectivity index (χ3v) is 8.93. The van der Waals surface area contributed by atoms with Crippen LogP contribution >= 0.6 is 0 Å². The molecule has 6 nitrogen and oxygen atoms in total. The zero-order valence-electron chi connectivity index (χ0n) is 21.9. The summed E-state index contributed by atoms with van der Waals surface area (Å²) < 4.78 is 65.9. The van der Waals surface area contributed by atoms with Gasteiger partial charge in [-0.2, -0.15) is 13.2 Å². The Bertz CT molecular complexity index is 1690. The van der Waals surface area contributed by atoms with E-state index in [1.165, 1.54) is 6.07 Å². The number of rotatable bonds is 6. The van der Waals surface area contributed by atoms with E-state index in [2.05, 4.69) is 4.98 Å². The molecule has 1 aliphatic carbocycles. The van der Waals surface area contributed by atoms with Crippen LogP contribution in [0.4, 0.5) is 13.2 Å². The zero-order chi connectivity index (χ0) is 28.2. The average Bonchev–Trinajstić information content (AvgIpc) is 3.57. The third kappa shape index (κ3) is 5.24. The first-order valence-electron chi connectivity index (χ1n) is 13.2. The smallest absolute Gasteiger partial charge is 0.342 e. The van der Waals surface area contributed by atoms with Crippen LogP contribution in [0.2, 0.25) is 0 Å². The molecular weight excluding hydrogens is 539 g/mol. The highest BCUT2D eigenvalue weighted by molar-refractivity contribution is 7.90. The number of carbonyl (C=O) groups excluding carboxylic acids is 1. The highest BCUT2D eigenvalue weighted by Crippen LogP contribution is 2.36. The van der Waals surface area contributed by atoms with Gasteiger partial charge in [-0.25, -0.2) is 13.4 Å². The molecule has 0 bridgehead atoms. The van der Waals surface area contributed by atoms with E-state index in [4.69, 9.17) is 0 Å². The molecule has 6 rings (SSSR count). The summed E-state index contributed by atoms with van der Waals surface area (Å²) in [4.78, 5) is 19.4. The Morgan fingerprint density at radius 3 is 2.15 bits per heavy atom. The molecule has 1 saturated heterocycles. The van der Waals surface area contributed by atoms with Gasteiger partial charge in [-0.1, -0.05) is 36.4 Å². The molecule has 1 aliphatic heterocycles. The number of imidazole rings is 1. The van der Waals surface area contributed by atoms with Gasteiger partial charge < -0.3 is 9.47 Å². The summed E-state index contributed by atoms with van der Waals surface area (Å²) in [5, 5.41) is 0. The topological polar surface area (TPSA) is 72.3 Å². The molecule has 0 N–H and O–H groups in total. The summed E-state index contributed by atoms with van der Waals surface area (Å²) >= 11 is 0. The number of alkyl halides is 3. The van der Waals surface area contributed by atoms with Crippen molar-refractivity contribution < 1.29 is 26.4 Å². The van der Waals surface area contributed by atoms with Crippen LogP contribution in [-0.4, -0.2) is 48.1 Å². The van der Waals surface area contributed by atoms with Gasteiger partial charge in [-0.05, 0) is 66.6 Å². The Hall–Kier alpha value is -3.66. The largest absolute Gasteiger partial charge is 0.416 e. The summed E-state index contributed by atoms with van der Waals surface area (Å²) in [5.74, 6) is 1.12. The Morgan fingerprint density at radius 2 is 1.55 bits per heavy atom. The minimum atomic E-state index is -4.47. The first-order valence-corrected chi connectivity index (χ1v) is 15.1. The number of nitrogens with zero attached hydrogens (tertiary/aromatic N) is 3. The van der Waals surface area contributed by atoms with Crippen molar-refractivity contribution in [1.29, 1.82) is 0 Å². The van der Waals surface area contributed by atoms with Crippen LogP contribution in [0.5, 0.6) is 0 Å². The molecule has 1 saturated carbocycles. The molecule has 2 aliphatic rings. The van der Waals surface area contributed by atoms with Crippen LogP contribution in [0.3, 0.4) is 0 Å². The Labute approximate surface area is 230 Å². The summed E-state index contributed by atoms with van der Waals surface area (Å²) in [7, 11) is -3.30. The SMILES string of the molecule is CS(=O)(=O)c1ccc(-c2ccc(-c3nc4cc(C(F)(F)F)ccc4n3C[C@@H]3CCN(C(=O)C4CC4)C3)cc2)cc1. The van der Waals surface area contributed by atoms with E-state index in [1.807, 2.05) is 33.7 Å². The Kier molecular flexibility index (Phi) is 6.48. The zero-order valence-corrected chi connectivity index (χ0v) is 22.7. The lowest BCUT2D eigenvalue weighted by atomic mass is 10.0. The predicted molar refractivity (Wildman–Crippen MR) is 146 cm³/mol. The lowest BCUT2D eigenvalue weighted by Gasteiger charge is -2.18. The molecule has 1 amide bonds. The molecule has 0 unspecified atom stereocenters. The lowest BCUT2D eigenvalue weighted by molar-refractivity contribution is -0.137. The van der Waals surface area contributed by atoms with E-state index >= 15 is 0 Å². The van der Waals surface area contributed by atoms with Crippen molar-refractivity contribution in [2.75, 3.05) is 19.3 Å². The normalized spacial score (nSPS) is 18.0. The fourth-order valence-corrected chi connectivity index (χ4v) is 6.08. The van der Waals surface area contributed by atoms with E-state index in [-0.39, 0.29) is 28.2 Å². The molecule has 40 heavy (non-hydrogen) atoms. The van der Waals surface area contributed by atoms with Gasteiger partial charge in [-0.3, -0.25) is 4.79 Å². The average molecular weight is 568 g/mol. The van der Waals surface area contributed by atoms with Crippen molar-refractivity contribution in [3.63, 3.8) is 0 Å². The van der Waals surface area contributed by atoms with Crippen molar-refractivity contribution in [3.05, 3.63) is 72.3 Å². The minimum Gasteiger partial charge on any atom is -0.342 e. The molecule has 1 aromatic heterocycles. The first kappa shape index (κ1) is 26.6. The highest BCUT2D eigenvalue weighted by Gasteiger charge is 2.37. The second-order valence-electron chi connectivity index (χ2n) is 10.8. The maximum Gasteiger partial charge on any atom is 0.416 e. The van der Waals surface area contributed by atoms with Gasteiger partial charge in [0.25, 0.3) is 0 Å². The summed E-state index contributed by atoms with van der Waals surface area (Å²) in [5.41, 5.74) is 2.62. The molecule has 4 aromatic rings. The van der Waals surface area contributed by atoms with Gasteiger partial charge in [0, 0.05) is 37.4 Å². The molecule has 1 atom stereocenters. The Morgan fingerprint density at radius 1 is 0.925 bits per heavy atom. The third-order valence-electron chi connectivity index (χ3n) is 7.80. The quantitative estimate of drug-likeness (QED) is 0.284. The highest BCUT2D eigenvalue weighted by atomic mass is 32.2. The van der Waals surface area contributed by atoms with Crippen molar-refractivity contribution in [3.8, 4) is 22.5 Å². The van der Waals surface area contributed by atoms with Crippen LogP contribution in [0.1, 0.15) is 24.8 Å². The number of benzene rings is 3. The summed E-state index contributed by atoms with van der Waals surface area (Å²) in [6, 6.07) is 17.8. The fraction of sp³-hybridized carbons (Fsp3) is 0.333. The lowest BCUT2D eigenvalue weighted by Crippen LogP contribution is -2.30. The van der Waals surface area contributed by atoms with E-state index in [0.717, 1.165) is 54.3 Å².